The summed E-state index contributed by atoms with van der Waals surface area (Å²) in [4.78, 5) is 26.3. The van der Waals surface area contributed by atoms with Gasteiger partial charge in [-0.25, -0.2) is 9.18 Å². The molecule has 0 amide bonds. The predicted octanol–water partition coefficient (Wildman–Crippen LogP) is 1.64. The SMILES string of the molecule is O=c1[nH]c(=O)n(Cc2ccc(F)cc2)c(O)c1C=NN1CCCCCC1. The maximum Gasteiger partial charge on any atom is 0.331 e. The van der Waals surface area contributed by atoms with Crippen LogP contribution in [0.25, 0.3) is 0 Å². The Balaban J connectivity index is 1.89. The third-order valence-corrected chi connectivity index (χ3v) is 4.39. The summed E-state index contributed by atoms with van der Waals surface area (Å²) in [5.74, 6) is -0.848. The number of hydrogen-bond acceptors (Lipinski definition) is 5. The van der Waals surface area contributed by atoms with E-state index in [-0.39, 0.29) is 12.1 Å². The van der Waals surface area contributed by atoms with E-state index in [2.05, 4.69) is 10.1 Å². The van der Waals surface area contributed by atoms with Crippen LogP contribution in [0.1, 0.15) is 36.8 Å². The first-order valence-corrected chi connectivity index (χ1v) is 8.64. The van der Waals surface area contributed by atoms with Gasteiger partial charge in [-0.2, -0.15) is 5.10 Å². The first kappa shape index (κ1) is 17.9. The molecule has 0 aliphatic carbocycles. The lowest BCUT2D eigenvalue weighted by atomic mass is 10.2. The van der Waals surface area contributed by atoms with Crippen LogP contribution in [0.3, 0.4) is 0 Å². The minimum absolute atomic E-state index is 0.00623. The van der Waals surface area contributed by atoms with Gasteiger partial charge in [-0.1, -0.05) is 25.0 Å². The largest absolute Gasteiger partial charge is 0.494 e. The van der Waals surface area contributed by atoms with Crippen molar-refractivity contribution in [2.45, 2.75) is 32.2 Å². The van der Waals surface area contributed by atoms with E-state index in [0.29, 0.717) is 5.56 Å². The van der Waals surface area contributed by atoms with Gasteiger partial charge in [0, 0.05) is 13.1 Å². The number of aromatic amines is 1. The number of benzene rings is 1. The molecule has 0 saturated carbocycles. The average molecular weight is 360 g/mol. The van der Waals surface area contributed by atoms with E-state index >= 15 is 0 Å². The predicted molar refractivity (Wildman–Crippen MR) is 96.1 cm³/mol. The molecule has 138 valence electrons. The fourth-order valence-corrected chi connectivity index (χ4v) is 2.92. The van der Waals surface area contributed by atoms with Crippen LogP contribution in [0.15, 0.2) is 39.0 Å². The molecule has 26 heavy (non-hydrogen) atoms. The summed E-state index contributed by atoms with van der Waals surface area (Å²) >= 11 is 0. The normalized spacial score (nSPS) is 15.3. The molecule has 2 N–H and O–H groups in total. The quantitative estimate of drug-likeness (QED) is 0.811. The number of rotatable bonds is 4. The van der Waals surface area contributed by atoms with E-state index in [1.165, 1.54) is 30.5 Å². The van der Waals surface area contributed by atoms with Gasteiger partial charge in [-0.05, 0) is 30.5 Å². The number of H-pyrrole nitrogens is 1. The Bertz CT molecular complexity index is 894. The topological polar surface area (TPSA) is 90.7 Å². The zero-order chi connectivity index (χ0) is 18.5. The molecule has 1 fully saturated rings. The molecule has 0 bridgehead atoms. The highest BCUT2D eigenvalue weighted by atomic mass is 19.1. The molecule has 1 aromatic heterocycles. The zero-order valence-electron chi connectivity index (χ0n) is 14.3. The molecule has 8 heteroatoms. The Morgan fingerprint density at radius 3 is 2.42 bits per heavy atom. The van der Waals surface area contributed by atoms with Crippen LogP contribution in [0, 0.1) is 5.82 Å². The van der Waals surface area contributed by atoms with Crippen molar-refractivity contribution >= 4 is 6.21 Å². The summed E-state index contributed by atoms with van der Waals surface area (Å²) in [6.45, 7) is 1.60. The lowest BCUT2D eigenvalue weighted by Crippen LogP contribution is -2.32. The number of aromatic nitrogens is 2. The fraction of sp³-hybridized carbons (Fsp3) is 0.389. The van der Waals surface area contributed by atoms with Gasteiger partial charge < -0.3 is 5.11 Å². The van der Waals surface area contributed by atoms with Gasteiger partial charge >= 0.3 is 5.69 Å². The maximum absolute atomic E-state index is 13.0. The summed E-state index contributed by atoms with van der Waals surface area (Å²) in [6.07, 6.45) is 5.66. The molecule has 2 heterocycles. The highest BCUT2D eigenvalue weighted by Crippen LogP contribution is 2.13. The van der Waals surface area contributed by atoms with Gasteiger partial charge in [0.15, 0.2) is 0 Å². The van der Waals surface area contributed by atoms with Gasteiger partial charge in [0.05, 0.1) is 12.8 Å². The van der Waals surface area contributed by atoms with Crippen LogP contribution in [0.5, 0.6) is 5.88 Å². The molecule has 1 aliphatic rings. The third kappa shape index (κ3) is 4.19. The summed E-state index contributed by atoms with van der Waals surface area (Å²) in [5.41, 5.74) is -0.882. The van der Waals surface area contributed by atoms with Crippen molar-refractivity contribution < 1.29 is 9.50 Å². The average Bonchev–Trinajstić information content (AvgIpc) is 2.89. The molecule has 0 spiro atoms. The van der Waals surface area contributed by atoms with Crippen LogP contribution in [-0.4, -0.2) is 39.0 Å². The lowest BCUT2D eigenvalue weighted by Gasteiger charge is -2.15. The minimum atomic E-state index is -0.733. The molecule has 0 radical (unpaired) electrons. The van der Waals surface area contributed by atoms with Gasteiger partial charge in [-0.15, -0.1) is 0 Å². The van der Waals surface area contributed by atoms with E-state index in [1.807, 2.05) is 5.01 Å². The first-order valence-electron chi connectivity index (χ1n) is 8.64. The van der Waals surface area contributed by atoms with Crippen molar-refractivity contribution in [2.24, 2.45) is 5.10 Å². The second-order valence-electron chi connectivity index (χ2n) is 6.32. The van der Waals surface area contributed by atoms with Crippen molar-refractivity contribution in [1.29, 1.82) is 0 Å². The zero-order valence-corrected chi connectivity index (χ0v) is 14.3. The molecular formula is C18H21FN4O3. The Kier molecular flexibility index (Phi) is 5.50. The fourth-order valence-electron chi connectivity index (χ4n) is 2.92. The minimum Gasteiger partial charge on any atom is -0.494 e. The van der Waals surface area contributed by atoms with E-state index in [9.17, 15) is 19.1 Å². The number of hydrogen-bond donors (Lipinski definition) is 2. The Hall–Kier alpha value is -2.90. The van der Waals surface area contributed by atoms with Crippen LogP contribution >= 0.6 is 0 Å². The van der Waals surface area contributed by atoms with E-state index in [1.54, 1.807) is 0 Å². The number of aromatic hydroxyl groups is 1. The van der Waals surface area contributed by atoms with Crippen molar-refractivity contribution in [2.75, 3.05) is 13.1 Å². The molecule has 3 rings (SSSR count). The van der Waals surface area contributed by atoms with Crippen molar-refractivity contribution in [3.05, 3.63) is 62.0 Å². The number of nitrogens with zero attached hydrogens (tertiary/aromatic N) is 3. The number of hydrazone groups is 1. The number of nitrogens with one attached hydrogen (secondary N) is 1. The van der Waals surface area contributed by atoms with E-state index in [0.717, 1.165) is 43.3 Å². The summed E-state index contributed by atoms with van der Waals surface area (Å²) < 4.78 is 14.0. The van der Waals surface area contributed by atoms with Crippen molar-refractivity contribution in [3.63, 3.8) is 0 Å². The molecule has 0 atom stereocenters. The molecule has 1 saturated heterocycles. The van der Waals surface area contributed by atoms with Gasteiger partial charge in [-0.3, -0.25) is 19.4 Å². The van der Waals surface area contributed by atoms with Crippen LogP contribution in [0.4, 0.5) is 4.39 Å². The summed E-state index contributed by atoms with van der Waals surface area (Å²) in [6, 6.07) is 5.56. The van der Waals surface area contributed by atoms with Gasteiger partial charge in [0.2, 0.25) is 5.88 Å². The van der Waals surface area contributed by atoms with E-state index in [4.69, 9.17) is 0 Å². The standard InChI is InChI=1S/C18H21FN4O3/c19-14-7-5-13(6-8-14)12-23-17(25)15(16(24)21-18(23)26)11-20-22-9-3-1-2-4-10-22/h5-8,11,25H,1-4,9-10,12H2,(H,21,24,26). The monoisotopic (exact) mass is 360 g/mol. The van der Waals surface area contributed by atoms with E-state index < -0.39 is 22.9 Å². The third-order valence-electron chi connectivity index (χ3n) is 4.39. The Morgan fingerprint density at radius 1 is 1.12 bits per heavy atom. The molecule has 0 unspecified atom stereocenters. The summed E-state index contributed by atoms with van der Waals surface area (Å²) in [5, 5.41) is 16.6. The molecule has 7 nitrogen and oxygen atoms in total. The highest BCUT2D eigenvalue weighted by molar-refractivity contribution is 5.81. The van der Waals surface area contributed by atoms with Gasteiger partial charge in [0.1, 0.15) is 11.4 Å². The second-order valence-corrected chi connectivity index (χ2v) is 6.32. The highest BCUT2D eigenvalue weighted by Gasteiger charge is 2.14. The van der Waals surface area contributed by atoms with Crippen molar-refractivity contribution in [1.82, 2.24) is 14.6 Å². The molecule has 2 aromatic rings. The second kappa shape index (κ2) is 7.99. The van der Waals surface area contributed by atoms with Gasteiger partial charge in [0.25, 0.3) is 5.56 Å². The van der Waals surface area contributed by atoms with Crippen LogP contribution < -0.4 is 11.2 Å². The smallest absolute Gasteiger partial charge is 0.331 e. The Labute approximate surface area is 149 Å². The summed E-state index contributed by atoms with van der Waals surface area (Å²) in [7, 11) is 0. The Morgan fingerprint density at radius 2 is 1.77 bits per heavy atom. The molecule has 1 aliphatic heterocycles. The number of halogens is 1. The maximum atomic E-state index is 13.0. The van der Waals surface area contributed by atoms with Crippen LogP contribution in [0.2, 0.25) is 0 Å². The lowest BCUT2D eigenvalue weighted by molar-refractivity contribution is 0.302. The molecular weight excluding hydrogens is 339 g/mol. The first-order chi connectivity index (χ1) is 12.5. The van der Waals surface area contributed by atoms with Crippen LogP contribution in [-0.2, 0) is 6.54 Å². The van der Waals surface area contributed by atoms with Crippen molar-refractivity contribution in [3.8, 4) is 5.88 Å². The molecule has 1 aromatic carbocycles.